The molecule has 0 amide bonds. The van der Waals surface area contributed by atoms with Crippen LogP contribution in [0.3, 0.4) is 0 Å². The van der Waals surface area contributed by atoms with Crippen molar-refractivity contribution >= 4 is 45.8 Å². The van der Waals surface area contributed by atoms with Gasteiger partial charge in [-0.05, 0) is 42.8 Å². The molecule has 5 nitrogen and oxygen atoms in total. The van der Waals surface area contributed by atoms with Gasteiger partial charge in [0, 0.05) is 33.6 Å². The zero-order valence-corrected chi connectivity index (χ0v) is 15.3. The van der Waals surface area contributed by atoms with Gasteiger partial charge in [-0.3, -0.25) is 0 Å². The van der Waals surface area contributed by atoms with Gasteiger partial charge in [0.15, 0.2) is 0 Å². The van der Waals surface area contributed by atoms with Crippen LogP contribution in [0.1, 0.15) is 12.5 Å². The fourth-order valence-electron chi connectivity index (χ4n) is 2.91. The lowest BCUT2D eigenvalue weighted by molar-refractivity contribution is 0.977. The smallest absolute Gasteiger partial charge is 0.211 e. The number of rotatable bonds is 3. The van der Waals surface area contributed by atoms with Gasteiger partial charge in [0.2, 0.25) is 5.96 Å². The molecular formula is C18H17Cl2N5. The third kappa shape index (κ3) is 3.34. The molecule has 2 aromatic carbocycles. The topological polar surface area (TPSA) is 81.7 Å². The van der Waals surface area contributed by atoms with Crippen molar-refractivity contribution in [2.24, 2.45) is 28.7 Å². The van der Waals surface area contributed by atoms with E-state index >= 15 is 0 Å². The van der Waals surface area contributed by atoms with E-state index in [0.29, 0.717) is 15.8 Å². The number of halogens is 2. The summed E-state index contributed by atoms with van der Waals surface area (Å²) in [5, 5.41) is 10.3. The summed E-state index contributed by atoms with van der Waals surface area (Å²) in [6.45, 7) is 1.86. The molecular weight excluding hydrogens is 357 g/mol. The molecule has 0 aliphatic heterocycles. The molecule has 25 heavy (non-hydrogen) atoms. The van der Waals surface area contributed by atoms with Gasteiger partial charge in [0.05, 0.1) is 11.4 Å². The first-order valence-electron chi connectivity index (χ1n) is 7.56. The average Bonchev–Trinajstić information content (AvgIpc) is 2.85. The molecule has 7 heteroatoms. The number of aromatic nitrogens is 1. The molecule has 0 aliphatic carbocycles. The first-order chi connectivity index (χ1) is 11.9. The molecule has 0 spiro atoms. The monoisotopic (exact) mass is 373 g/mol. The second-order valence-electron chi connectivity index (χ2n) is 5.66. The van der Waals surface area contributed by atoms with Crippen molar-refractivity contribution in [1.29, 1.82) is 0 Å². The van der Waals surface area contributed by atoms with Crippen LogP contribution in [0.25, 0.3) is 22.2 Å². The Labute approximate surface area is 155 Å². The molecule has 0 unspecified atom stereocenters. The van der Waals surface area contributed by atoms with Crippen LogP contribution < -0.4 is 11.5 Å². The number of aryl methyl sites for hydroxylation is 1. The normalized spacial score (nSPS) is 11.8. The van der Waals surface area contributed by atoms with E-state index in [1.165, 1.54) is 0 Å². The van der Waals surface area contributed by atoms with Crippen LogP contribution in [0.2, 0.25) is 10.0 Å². The average molecular weight is 374 g/mol. The third-order valence-corrected chi connectivity index (χ3v) is 4.44. The summed E-state index contributed by atoms with van der Waals surface area (Å²) in [4.78, 5) is 0. The summed E-state index contributed by atoms with van der Waals surface area (Å²) in [7, 11) is 2.00. The maximum atomic E-state index is 6.22. The van der Waals surface area contributed by atoms with E-state index in [2.05, 4.69) is 14.8 Å². The summed E-state index contributed by atoms with van der Waals surface area (Å²) >= 11 is 12.2. The predicted octanol–water partition coefficient (Wildman–Crippen LogP) is 4.15. The van der Waals surface area contributed by atoms with Crippen molar-refractivity contribution in [3.8, 4) is 11.3 Å². The van der Waals surface area contributed by atoms with Gasteiger partial charge in [-0.2, -0.15) is 5.10 Å². The van der Waals surface area contributed by atoms with Crippen molar-refractivity contribution in [2.75, 3.05) is 0 Å². The van der Waals surface area contributed by atoms with Gasteiger partial charge in [0.1, 0.15) is 0 Å². The molecule has 128 valence electrons. The van der Waals surface area contributed by atoms with Gasteiger partial charge >= 0.3 is 0 Å². The largest absolute Gasteiger partial charge is 0.369 e. The number of nitrogens with two attached hydrogens (primary N) is 2. The summed E-state index contributed by atoms with van der Waals surface area (Å²) in [6.07, 6.45) is 0. The molecule has 3 rings (SSSR count). The summed E-state index contributed by atoms with van der Waals surface area (Å²) < 4.78 is 2.10. The molecule has 1 heterocycles. The van der Waals surface area contributed by atoms with E-state index in [0.717, 1.165) is 27.7 Å². The lowest BCUT2D eigenvalue weighted by atomic mass is 10.0. The summed E-state index contributed by atoms with van der Waals surface area (Å²) in [5.74, 6) is -0.0920. The zero-order chi connectivity index (χ0) is 18.1. The molecule has 0 bridgehead atoms. The quantitative estimate of drug-likeness (QED) is 0.410. The highest BCUT2D eigenvalue weighted by molar-refractivity contribution is 6.32. The fourth-order valence-corrected chi connectivity index (χ4v) is 3.21. The van der Waals surface area contributed by atoms with Crippen molar-refractivity contribution in [1.82, 2.24) is 4.57 Å². The van der Waals surface area contributed by atoms with Gasteiger partial charge in [0.25, 0.3) is 0 Å². The molecule has 0 atom stereocenters. The van der Waals surface area contributed by atoms with Gasteiger partial charge in [-0.15, -0.1) is 5.10 Å². The summed E-state index contributed by atoms with van der Waals surface area (Å²) in [6, 6.07) is 13.4. The Balaban J connectivity index is 2.36. The van der Waals surface area contributed by atoms with E-state index in [1.54, 1.807) is 0 Å². The molecule has 3 aromatic rings. The Kier molecular flexibility index (Phi) is 4.70. The van der Waals surface area contributed by atoms with E-state index < -0.39 is 0 Å². The SMILES string of the molecule is C/C(=N/N=C(N)N)c1c(-c2ccc(Cl)cc2)n(C)c2ccc(Cl)cc12. The summed E-state index contributed by atoms with van der Waals surface area (Å²) in [5.41, 5.74) is 15.4. The van der Waals surface area contributed by atoms with E-state index in [-0.39, 0.29) is 5.96 Å². The number of hydrogen-bond acceptors (Lipinski definition) is 2. The predicted molar refractivity (Wildman–Crippen MR) is 106 cm³/mol. The standard InChI is InChI=1S/C18H17Cl2N5/c1-10(23-24-18(21)22)16-14-9-13(20)7-8-15(14)25(2)17(16)11-3-5-12(19)6-4-11/h3-9H,1-2H3,(H4,21,22,24)/b23-10-. The Bertz CT molecular complexity index is 996. The highest BCUT2D eigenvalue weighted by Crippen LogP contribution is 2.35. The van der Waals surface area contributed by atoms with Crippen LogP contribution in [-0.2, 0) is 7.05 Å². The number of guanidine groups is 1. The molecule has 1 aromatic heterocycles. The van der Waals surface area contributed by atoms with Crippen LogP contribution in [0.15, 0.2) is 52.7 Å². The lowest BCUT2D eigenvalue weighted by Crippen LogP contribution is -2.22. The van der Waals surface area contributed by atoms with Crippen LogP contribution in [0, 0.1) is 0 Å². The van der Waals surface area contributed by atoms with E-state index in [4.69, 9.17) is 34.7 Å². The zero-order valence-electron chi connectivity index (χ0n) is 13.8. The Hall–Kier alpha value is -2.50. The van der Waals surface area contributed by atoms with Crippen LogP contribution in [-0.4, -0.2) is 16.2 Å². The minimum atomic E-state index is -0.0920. The molecule has 0 radical (unpaired) electrons. The Morgan fingerprint density at radius 3 is 2.24 bits per heavy atom. The molecule has 0 aliphatic rings. The first kappa shape index (κ1) is 17.3. The molecule has 0 saturated carbocycles. The Morgan fingerprint density at radius 1 is 0.960 bits per heavy atom. The van der Waals surface area contributed by atoms with Crippen LogP contribution in [0.4, 0.5) is 0 Å². The van der Waals surface area contributed by atoms with Gasteiger partial charge in [-0.1, -0.05) is 35.3 Å². The number of benzene rings is 2. The second-order valence-corrected chi connectivity index (χ2v) is 6.53. The fraction of sp³-hybridized carbons (Fsp3) is 0.111. The van der Waals surface area contributed by atoms with Crippen LogP contribution >= 0.6 is 23.2 Å². The molecule has 4 N–H and O–H groups in total. The number of hydrogen-bond donors (Lipinski definition) is 2. The third-order valence-electron chi connectivity index (χ3n) is 3.96. The van der Waals surface area contributed by atoms with E-state index in [1.807, 2.05) is 56.4 Å². The lowest BCUT2D eigenvalue weighted by Gasteiger charge is -2.08. The highest BCUT2D eigenvalue weighted by Gasteiger charge is 2.19. The van der Waals surface area contributed by atoms with Gasteiger partial charge < -0.3 is 16.0 Å². The van der Waals surface area contributed by atoms with Crippen molar-refractivity contribution in [3.63, 3.8) is 0 Å². The van der Waals surface area contributed by atoms with Gasteiger partial charge in [-0.25, -0.2) is 0 Å². The van der Waals surface area contributed by atoms with E-state index in [9.17, 15) is 0 Å². The van der Waals surface area contributed by atoms with Crippen LogP contribution in [0.5, 0.6) is 0 Å². The number of nitrogens with zero attached hydrogens (tertiary/aromatic N) is 3. The minimum absolute atomic E-state index is 0.0920. The molecule has 0 saturated heterocycles. The minimum Gasteiger partial charge on any atom is -0.369 e. The maximum absolute atomic E-state index is 6.22. The maximum Gasteiger partial charge on any atom is 0.211 e. The first-order valence-corrected chi connectivity index (χ1v) is 8.31. The van der Waals surface area contributed by atoms with Crippen molar-refractivity contribution in [3.05, 3.63) is 58.1 Å². The second kappa shape index (κ2) is 6.78. The number of fused-ring (bicyclic) bond motifs is 1. The van der Waals surface area contributed by atoms with Crippen molar-refractivity contribution in [2.45, 2.75) is 6.92 Å². The van der Waals surface area contributed by atoms with Crippen molar-refractivity contribution < 1.29 is 0 Å². The Morgan fingerprint density at radius 2 is 1.60 bits per heavy atom. The molecule has 0 fully saturated rings. The highest BCUT2D eigenvalue weighted by atomic mass is 35.5.